The summed E-state index contributed by atoms with van der Waals surface area (Å²) in [6.45, 7) is 4.35. The number of hydrogen-bond donors (Lipinski definition) is 1. The molecule has 1 atom stereocenters. The number of methoxy groups -OCH3 is 1. The number of benzene rings is 1. The van der Waals surface area contributed by atoms with Gasteiger partial charge >= 0.3 is 0 Å². The molecule has 0 aliphatic heterocycles. The van der Waals surface area contributed by atoms with Crippen molar-refractivity contribution in [1.82, 2.24) is 0 Å². The lowest BCUT2D eigenvalue weighted by Crippen LogP contribution is -2.08. The topological polar surface area (TPSA) is 47.9 Å². The summed E-state index contributed by atoms with van der Waals surface area (Å²) in [5.41, 5.74) is 0.825. The molecule has 4 heteroatoms. The Morgan fingerprint density at radius 3 is 2.63 bits per heavy atom. The smallest absolute Gasteiger partial charge is 0.125 e. The summed E-state index contributed by atoms with van der Waals surface area (Å²) in [5, 5.41) is 10.2. The van der Waals surface area contributed by atoms with Crippen LogP contribution in [0.2, 0.25) is 0 Å². The van der Waals surface area contributed by atoms with Crippen LogP contribution in [0.1, 0.15) is 31.4 Å². The van der Waals surface area contributed by atoms with Crippen LogP contribution < -0.4 is 4.74 Å². The van der Waals surface area contributed by atoms with E-state index in [1.807, 2.05) is 24.3 Å². The van der Waals surface area contributed by atoms with Crippen molar-refractivity contribution in [2.75, 3.05) is 33.5 Å². The van der Waals surface area contributed by atoms with Gasteiger partial charge in [-0.25, -0.2) is 0 Å². The van der Waals surface area contributed by atoms with Gasteiger partial charge in [0.2, 0.25) is 0 Å². The molecule has 0 heterocycles. The minimum absolute atomic E-state index is 0.507. The largest absolute Gasteiger partial charge is 0.493 e. The van der Waals surface area contributed by atoms with Crippen LogP contribution in [-0.2, 0) is 9.47 Å². The molecule has 0 spiro atoms. The first kappa shape index (κ1) is 16.0. The summed E-state index contributed by atoms with van der Waals surface area (Å²) in [7, 11) is 1.64. The summed E-state index contributed by atoms with van der Waals surface area (Å²) < 4.78 is 15.9. The molecule has 0 radical (unpaired) electrons. The molecule has 108 valence electrons. The first-order valence-electron chi connectivity index (χ1n) is 6.76. The highest BCUT2D eigenvalue weighted by atomic mass is 16.5. The van der Waals surface area contributed by atoms with Gasteiger partial charge in [-0.2, -0.15) is 0 Å². The van der Waals surface area contributed by atoms with E-state index in [1.165, 1.54) is 0 Å². The third kappa shape index (κ3) is 6.05. The number of aliphatic hydroxyl groups excluding tert-OH is 1. The summed E-state index contributed by atoms with van der Waals surface area (Å²) in [6.07, 6.45) is 0.941. The van der Waals surface area contributed by atoms with E-state index in [-0.39, 0.29) is 0 Å². The van der Waals surface area contributed by atoms with Gasteiger partial charge in [0.25, 0.3) is 0 Å². The summed E-state index contributed by atoms with van der Waals surface area (Å²) in [4.78, 5) is 0. The Balaban J connectivity index is 2.44. The van der Waals surface area contributed by atoms with Gasteiger partial charge in [0, 0.05) is 25.7 Å². The number of para-hydroxylation sites is 1. The lowest BCUT2D eigenvalue weighted by atomic mass is 10.1. The van der Waals surface area contributed by atoms with E-state index >= 15 is 0 Å². The molecule has 0 bridgehead atoms. The fourth-order valence-corrected chi connectivity index (χ4v) is 1.69. The fraction of sp³-hybridized carbons (Fsp3) is 0.600. The fourth-order valence-electron chi connectivity index (χ4n) is 1.69. The zero-order valence-corrected chi connectivity index (χ0v) is 11.8. The van der Waals surface area contributed by atoms with Crippen LogP contribution in [0.4, 0.5) is 0 Å². The molecular formula is C15H24O4. The van der Waals surface area contributed by atoms with Crippen molar-refractivity contribution in [3.05, 3.63) is 29.8 Å². The van der Waals surface area contributed by atoms with Crippen molar-refractivity contribution in [1.29, 1.82) is 0 Å². The summed E-state index contributed by atoms with van der Waals surface area (Å²) in [5.74, 6) is 0.758. The molecule has 0 saturated carbocycles. The van der Waals surface area contributed by atoms with Crippen LogP contribution in [-0.4, -0.2) is 38.6 Å². The maximum absolute atomic E-state index is 10.2. The number of ether oxygens (including phenoxy) is 3. The number of hydrogen-bond acceptors (Lipinski definition) is 4. The van der Waals surface area contributed by atoms with Gasteiger partial charge in [-0.15, -0.1) is 0 Å². The minimum Gasteiger partial charge on any atom is -0.493 e. The molecule has 1 rings (SSSR count). The third-order valence-electron chi connectivity index (χ3n) is 2.71. The highest BCUT2D eigenvalue weighted by Gasteiger charge is 2.12. The van der Waals surface area contributed by atoms with E-state index in [4.69, 9.17) is 14.2 Å². The molecule has 0 fully saturated rings. The first-order valence-corrected chi connectivity index (χ1v) is 6.76. The van der Waals surface area contributed by atoms with Crippen molar-refractivity contribution in [3.8, 4) is 5.75 Å². The number of aliphatic hydroxyl groups is 1. The molecule has 4 nitrogen and oxygen atoms in total. The molecule has 0 amide bonds. The zero-order chi connectivity index (χ0) is 13.9. The molecular weight excluding hydrogens is 244 g/mol. The highest BCUT2D eigenvalue weighted by Crippen LogP contribution is 2.27. The maximum atomic E-state index is 10.2. The molecule has 19 heavy (non-hydrogen) atoms. The molecule has 1 N–H and O–H groups in total. The van der Waals surface area contributed by atoms with Gasteiger partial charge in [-0.05, 0) is 12.5 Å². The van der Waals surface area contributed by atoms with Crippen LogP contribution in [0.3, 0.4) is 0 Å². The van der Waals surface area contributed by atoms with E-state index in [2.05, 4.69) is 6.92 Å². The van der Waals surface area contributed by atoms with Crippen molar-refractivity contribution in [2.45, 2.75) is 25.9 Å². The first-order chi connectivity index (χ1) is 9.29. The Bertz CT molecular complexity index is 341. The van der Waals surface area contributed by atoms with E-state index in [1.54, 1.807) is 7.11 Å². The van der Waals surface area contributed by atoms with Crippen LogP contribution in [0, 0.1) is 0 Å². The predicted octanol–water partition coefficient (Wildman–Crippen LogP) is 2.56. The Labute approximate surface area is 115 Å². The predicted molar refractivity (Wildman–Crippen MR) is 74.5 cm³/mol. The molecule has 0 saturated heterocycles. The van der Waals surface area contributed by atoms with Crippen LogP contribution >= 0.6 is 0 Å². The van der Waals surface area contributed by atoms with Gasteiger partial charge in [-0.3, -0.25) is 0 Å². The standard InChI is InChI=1S/C15H24O4/c1-3-9-19-15-7-5-4-6-13(15)14(16)8-10-18-12-11-17-2/h4-7,14,16H,3,8-12H2,1-2H3. The van der Waals surface area contributed by atoms with Crippen molar-refractivity contribution >= 4 is 0 Å². The Hall–Kier alpha value is -1.10. The SMILES string of the molecule is CCCOc1ccccc1C(O)CCOCCOC. The number of rotatable bonds is 10. The second-order valence-electron chi connectivity index (χ2n) is 4.30. The van der Waals surface area contributed by atoms with Gasteiger partial charge < -0.3 is 19.3 Å². The average molecular weight is 268 g/mol. The normalized spacial score (nSPS) is 12.4. The molecule has 1 unspecified atom stereocenters. The highest BCUT2D eigenvalue weighted by molar-refractivity contribution is 5.35. The van der Waals surface area contributed by atoms with Crippen molar-refractivity contribution in [2.24, 2.45) is 0 Å². The van der Waals surface area contributed by atoms with Gasteiger partial charge in [0.15, 0.2) is 0 Å². The lowest BCUT2D eigenvalue weighted by molar-refractivity contribution is 0.0469. The molecule has 0 aliphatic carbocycles. The van der Waals surface area contributed by atoms with Crippen molar-refractivity contribution in [3.63, 3.8) is 0 Å². The quantitative estimate of drug-likeness (QED) is 0.663. The Morgan fingerprint density at radius 1 is 1.11 bits per heavy atom. The second-order valence-corrected chi connectivity index (χ2v) is 4.30. The molecule has 1 aromatic rings. The van der Waals surface area contributed by atoms with Gasteiger partial charge in [-0.1, -0.05) is 25.1 Å². The zero-order valence-electron chi connectivity index (χ0n) is 11.8. The third-order valence-corrected chi connectivity index (χ3v) is 2.71. The van der Waals surface area contributed by atoms with E-state index in [0.29, 0.717) is 32.8 Å². The average Bonchev–Trinajstić information content (AvgIpc) is 2.45. The van der Waals surface area contributed by atoms with Crippen LogP contribution in [0.5, 0.6) is 5.75 Å². The lowest BCUT2D eigenvalue weighted by Gasteiger charge is -2.16. The molecule has 0 aliphatic rings. The van der Waals surface area contributed by atoms with Crippen LogP contribution in [0.25, 0.3) is 0 Å². The monoisotopic (exact) mass is 268 g/mol. The summed E-state index contributed by atoms with van der Waals surface area (Å²) >= 11 is 0. The second kappa shape index (κ2) is 9.78. The molecule has 0 aromatic heterocycles. The van der Waals surface area contributed by atoms with E-state index < -0.39 is 6.10 Å². The van der Waals surface area contributed by atoms with E-state index in [9.17, 15) is 5.11 Å². The van der Waals surface area contributed by atoms with Gasteiger partial charge in [0.05, 0.1) is 25.9 Å². The molecule has 1 aromatic carbocycles. The maximum Gasteiger partial charge on any atom is 0.125 e. The van der Waals surface area contributed by atoms with Crippen molar-refractivity contribution < 1.29 is 19.3 Å². The van der Waals surface area contributed by atoms with E-state index in [0.717, 1.165) is 17.7 Å². The van der Waals surface area contributed by atoms with Gasteiger partial charge in [0.1, 0.15) is 5.75 Å². The minimum atomic E-state index is -0.560. The Kier molecular flexibility index (Phi) is 8.21. The Morgan fingerprint density at radius 2 is 1.89 bits per heavy atom. The van der Waals surface area contributed by atoms with Crippen LogP contribution in [0.15, 0.2) is 24.3 Å². The summed E-state index contributed by atoms with van der Waals surface area (Å²) in [6, 6.07) is 7.60.